The number of pyridine rings is 1. The molecule has 1 unspecified atom stereocenters. The third kappa shape index (κ3) is 5.01. The quantitative estimate of drug-likeness (QED) is 0.888. The highest BCUT2D eigenvalue weighted by Crippen LogP contribution is 2.15. The minimum atomic E-state index is -0.589. The number of anilines is 1. The number of ether oxygens (including phenoxy) is 1. The van der Waals surface area contributed by atoms with Crippen molar-refractivity contribution in [2.24, 2.45) is 0 Å². The maximum absolute atomic E-state index is 12.4. The fourth-order valence-electron chi connectivity index (χ4n) is 2.93. The molecule has 25 heavy (non-hydrogen) atoms. The molecule has 3 rings (SSSR count). The molecule has 0 spiro atoms. The molecule has 1 aromatic heterocycles. The van der Waals surface area contributed by atoms with Crippen molar-refractivity contribution in [3.8, 4) is 0 Å². The van der Waals surface area contributed by atoms with E-state index in [1.165, 1.54) is 0 Å². The summed E-state index contributed by atoms with van der Waals surface area (Å²) in [6, 6.07) is 13.6. The van der Waals surface area contributed by atoms with E-state index in [0.29, 0.717) is 32.8 Å². The monoisotopic (exact) mass is 341 g/mol. The smallest absolute Gasteiger partial charge is 0.248 e. The largest absolute Gasteiger partial charge is 0.389 e. The van der Waals surface area contributed by atoms with Crippen molar-refractivity contribution in [3.05, 3.63) is 60.4 Å². The average molecular weight is 341 g/mol. The molecule has 6 heteroatoms. The number of rotatable bonds is 5. The summed E-state index contributed by atoms with van der Waals surface area (Å²) in [6.45, 7) is 2.50. The van der Waals surface area contributed by atoms with E-state index in [9.17, 15) is 9.90 Å². The first kappa shape index (κ1) is 17.4. The van der Waals surface area contributed by atoms with Gasteiger partial charge in [-0.05, 0) is 17.7 Å². The van der Waals surface area contributed by atoms with Gasteiger partial charge in [-0.25, -0.2) is 0 Å². The van der Waals surface area contributed by atoms with Crippen molar-refractivity contribution in [2.75, 3.05) is 37.7 Å². The van der Waals surface area contributed by atoms with Crippen molar-refractivity contribution < 1.29 is 14.6 Å². The topological polar surface area (TPSA) is 65.9 Å². The fraction of sp³-hybridized carbons (Fsp3) is 0.368. The van der Waals surface area contributed by atoms with Gasteiger partial charge in [-0.15, -0.1) is 0 Å². The molecule has 1 aromatic carbocycles. The zero-order chi connectivity index (χ0) is 17.5. The Morgan fingerprint density at radius 1 is 1.12 bits per heavy atom. The lowest BCUT2D eigenvalue weighted by Crippen LogP contribution is -2.39. The lowest BCUT2D eigenvalue weighted by Gasteiger charge is -2.23. The molecule has 1 amide bonds. The van der Waals surface area contributed by atoms with Gasteiger partial charge in [-0.2, -0.15) is 0 Å². The molecule has 1 aliphatic rings. The lowest BCUT2D eigenvalue weighted by molar-refractivity contribution is -0.137. The number of amides is 1. The SMILES string of the molecule is O=C(COCc1ccccc1)N1CCN(c2ccncc2)CC(O)C1. The summed E-state index contributed by atoms with van der Waals surface area (Å²) < 4.78 is 5.53. The van der Waals surface area contributed by atoms with E-state index in [4.69, 9.17) is 4.74 Å². The maximum Gasteiger partial charge on any atom is 0.248 e. The first-order chi connectivity index (χ1) is 12.2. The highest BCUT2D eigenvalue weighted by atomic mass is 16.5. The van der Waals surface area contributed by atoms with E-state index >= 15 is 0 Å². The molecule has 132 valence electrons. The maximum atomic E-state index is 12.4. The van der Waals surface area contributed by atoms with Gasteiger partial charge in [0, 0.05) is 44.3 Å². The highest BCUT2D eigenvalue weighted by Gasteiger charge is 2.24. The van der Waals surface area contributed by atoms with Crippen LogP contribution in [0.3, 0.4) is 0 Å². The molecule has 1 saturated heterocycles. The van der Waals surface area contributed by atoms with Gasteiger partial charge in [0.25, 0.3) is 0 Å². The van der Waals surface area contributed by atoms with Gasteiger partial charge < -0.3 is 19.6 Å². The summed E-state index contributed by atoms with van der Waals surface area (Å²) in [6.07, 6.45) is 2.87. The number of aliphatic hydroxyl groups is 1. The zero-order valence-electron chi connectivity index (χ0n) is 14.1. The molecule has 0 aliphatic carbocycles. The highest BCUT2D eigenvalue weighted by molar-refractivity contribution is 5.77. The van der Waals surface area contributed by atoms with Crippen LogP contribution in [0.5, 0.6) is 0 Å². The lowest BCUT2D eigenvalue weighted by atomic mass is 10.2. The van der Waals surface area contributed by atoms with Crippen molar-refractivity contribution in [1.82, 2.24) is 9.88 Å². The second-order valence-electron chi connectivity index (χ2n) is 6.12. The third-order valence-electron chi connectivity index (χ3n) is 4.22. The van der Waals surface area contributed by atoms with Crippen LogP contribution in [0.15, 0.2) is 54.9 Å². The van der Waals surface area contributed by atoms with Crippen LogP contribution in [-0.4, -0.2) is 59.8 Å². The van der Waals surface area contributed by atoms with Crippen LogP contribution in [0.4, 0.5) is 5.69 Å². The Bertz CT molecular complexity index is 666. The van der Waals surface area contributed by atoms with Gasteiger partial charge in [0.15, 0.2) is 0 Å². The van der Waals surface area contributed by atoms with Gasteiger partial charge >= 0.3 is 0 Å². The number of hydrogen-bond acceptors (Lipinski definition) is 5. The number of aliphatic hydroxyl groups excluding tert-OH is 1. The summed E-state index contributed by atoms with van der Waals surface area (Å²) in [4.78, 5) is 20.2. The summed E-state index contributed by atoms with van der Waals surface area (Å²) in [5.41, 5.74) is 2.04. The van der Waals surface area contributed by atoms with E-state index in [1.54, 1.807) is 17.3 Å². The zero-order valence-corrected chi connectivity index (χ0v) is 14.1. The van der Waals surface area contributed by atoms with Crippen LogP contribution in [0.2, 0.25) is 0 Å². The summed E-state index contributed by atoms with van der Waals surface area (Å²) in [7, 11) is 0. The van der Waals surface area contributed by atoms with Gasteiger partial charge in [0.1, 0.15) is 6.61 Å². The van der Waals surface area contributed by atoms with E-state index in [2.05, 4.69) is 9.88 Å². The minimum Gasteiger partial charge on any atom is -0.389 e. The molecular weight excluding hydrogens is 318 g/mol. The van der Waals surface area contributed by atoms with E-state index < -0.39 is 6.10 Å². The van der Waals surface area contributed by atoms with E-state index in [-0.39, 0.29) is 12.5 Å². The van der Waals surface area contributed by atoms with Gasteiger partial charge in [0.2, 0.25) is 5.91 Å². The van der Waals surface area contributed by atoms with Gasteiger partial charge in [0.05, 0.1) is 12.7 Å². The van der Waals surface area contributed by atoms with Crippen molar-refractivity contribution >= 4 is 11.6 Å². The normalized spacial score (nSPS) is 18.0. The number of β-amino-alcohol motifs (C(OH)–C–C–N with tert-alkyl or cyclic N) is 1. The summed E-state index contributed by atoms with van der Waals surface area (Å²) in [5.74, 6) is -0.0911. The molecule has 2 heterocycles. The Morgan fingerprint density at radius 2 is 1.88 bits per heavy atom. The number of hydrogen-bond donors (Lipinski definition) is 1. The van der Waals surface area contributed by atoms with Crippen LogP contribution < -0.4 is 4.90 Å². The van der Waals surface area contributed by atoms with Gasteiger partial charge in [-0.1, -0.05) is 30.3 Å². The Morgan fingerprint density at radius 3 is 2.64 bits per heavy atom. The number of carbonyl (C=O) groups excluding carboxylic acids is 1. The Kier molecular flexibility index (Phi) is 5.98. The first-order valence-electron chi connectivity index (χ1n) is 8.45. The molecule has 0 saturated carbocycles. The van der Waals surface area contributed by atoms with E-state index in [1.807, 2.05) is 42.5 Å². The molecule has 0 radical (unpaired) electrons. The van der Waals surface area contributed by atoms with Crippen LogP contribution >= 0.6 is 0 Å². The fourth-order valence-corrected chi connectivity index (χ4v) is 2.93. The van der Waals surface area contributed by atoms with E-state index in [0.717, 1.165) is 11.3 Å². The summed E-state index contributed by atoms with van der Waals surface area (Å²) >= 11 is 0. The number of carbonyl (C=O) groups is 1. The Hall–Kier alpha value is -2.44. The van der Waals surface area contributed by atoms with Crippen molar-refractivity contribution in [1.29, 1.82) is 0 Å². The standard InChI is InChI=1S/C19H23N3O3/c23-18-12-21(17-6-8-20-9-7-17)10-11-22(13-18)19(24)15-25-14-16-4-2-1-3-5-16/h1-9,18,23H,10-15H2. The predicted octanol–water partition coefficient (Wildman–Crippen LogP) is 1.31. The van der Waals surface area contributed by atoms with Crippen LogP contribution in [-0.2, 0) is 16.1 Å². The van der Waals surface area contributed by atoms with Gasteiger partial charge in [-0.3, -0.25) is 9.78 Å². The molecular formula is C19H23N3O3. The Balaban J connectivity index is 1.51. The van der Waals surface area contributed by atoms with Crippen molar-refractivity contribution in [2.45, 2.75) is 12.7 Å². The number of nitrogens with zero attached hydrogens (tertiary/aromatic N) is 3. The Labute approximate surface area is 147 Å². The first-order valence-corrected chi connectivity index (χ1v) is 8.45. The molecule has 1 aliphatic heterocycles. The average Bonchev–Trinajstić information content (AvgIpc) is 2.85. The number of benzene rings is 1. The molecule has 2 aromatic rings. The predicted molar refractivity (Wildman–Crippen MR) is 95.1 cm³/mol. The molecule has 1 fully saturated rings. The van der Waals surface area contributed by atoms with Crippen LogP contribution in [0.1, 0.15) is 5.56 Å². The summed E-state index contributed by atoms with van der Waals surface area (Å²) in [5, 5.41) is 10.3. The second kappa shape index (κ2) is 8.60. The molecule has 1 atom stereocenters. The molecule has 6 nitrogen and oxygen atoms in total. The van der Waals surface area contributed by atoms with Crippen LogP contribution in [0, 0.1) is 0 Å². The minimum absolute atomic E-state index is 0.0247. The molecule has 0 bridgehead atoms. The van der Waals surface area contributed by atoms with Crippen molar-refractivity contribution in [3.63, 3.8) is 0 Å². The van der Waals surface area contributed by atoms with Crippen LogP contribution in [0.25, 0.3) is 0 Å². The third-order valence-corrected chi connectivity index (χ3v) is 4.22. The molecule has 1 N–H and O–H groups in total. The second-order valence-corrected chi connectivity index (χ2v) is 6.12. The number of aromatic nitrogens is 1.